The zero-order chi connectivity index (χ0) is 25.8. The molecule has 1 aliphatic carbocycles. The van der Waals surface area contributed by atoms with Crippen LogP contribution in [-0.4, -0.2) is 45.4 Å². The first-order chi connectivity index (χ1) is 17.4. The van der Waals surface area contributed by atoms with Crippen LogP contribution in [0, 0.1) is 5.92 Å². The number of esters is 1. The van der Waals surface area contributed by atoms with Gasteiger partial charge in [0.05, 0.1) is 27.9 Å². The van der Waals surface area contributed by atoms with Gasteiger partial charge in [0.1, 0.15) is 11.7 Å². The summed E-state index contributed by atoms with van der Waals surface area (Å²) in [5.74, 6) is 0.245. The van der Waals surface area contributed by atoms with Crippen LogP contribution < -0.4 is 14.2 Å². The summed E-state index contributed by atoms with van der Waals surface area (Å²) in [5.41, 5.74) is 3.72. The van der Waals surface area contributed by atoms with Crippen molar-refractivity contribution >= 4 is 17.5 Å². The van der Waals surface area contributed by atoms with Crippen molar-refractivity contribution in [1.29, 1.82) is 0 Å². The SMILES string of the molecule is CCCOC(=O)C1C(C)=NC2=C(C(=O)C[C@@H](c3ccc(OC)c(OC)c3)C2)[C@@H]1c1ccccc1OC. The number of ether oxygens (including phenoxy) is 4. The summed E-state index contributed by atoms with van der Waals surface area (Å²) in [6.07, 6.45) is 1.61. The van der Waals surface area contributed by atoms with Crippen LogP contribution in [0.2, 0.25) is 0 Å². The monoisotopic (exact) mass is 491 g/mol. The first kappa shape index (κ1) is 25.5. The summed E-state index contributed by atoms with van der Waals surface area (Å²) in [4.78, 5) is 31.9. The Morgan fingerprint density at radius 1 is 0.972 bits per heavy atom. The van der Waals surface area contributed by atoms with Crippen LogP contribution in [0.15, 0.2) is 58.7 Å². The van der Waals surface area contributed by atoms with Gasteiger partial charge in [-0.25, -0.2) is 0 Å². The van der Waals surface area contributed by atoms with Crippen molar-refractivity contribution in [3.8, 4) is 17.2 Å². The maximum absolute atomic E-state index is 13.8. The Hall–Kier alpha value is -3.61. The number of carbonyl (C=O) groups excluding carboxylic acids is 2. The summed E-state index contributed by atoms with van der Waals surface area (Å²) in [6, 6.07) is 13.3. The molecule has 4 rings (SSSR count). The minimum atomic E-state index is -0.687. The van der Waals surface area contributed by atoms with Gasteiger partial charge in [-0.05, 0) is 49.4 Å². The highest BCUT2D eigenvalue weighted by molar-refractivity contribution is 6.09. The number of rotatable bonds is 8. The minimum absolute atomic E-state index is 0.0171. The molecule has 190 valence electrons. The fraction of sp³-hybridized carbons (Fsp3) is 0.414. The molecule has 0 bridgehead atoms. The predicted molar refractivity (Wildman–Crippen MR) is 137 cm³/mol. The van der Waals surface area contributed by atoms with Crippen LogP contribution in [0.3, 0.4) is 0 Å². The third-order valence-electron chi connectivity index (χ3n) is 6.94. The van der Waals surface area contributed by atoms with Crippen molar-refractivity contribution < 1.29 is 28.5 Å². The number of methoxy groups -OCH3 is 3. The zero-order valence-electron chi connectivity index (χ0n) is 21.5. The first-order valence-corrected chi connectivity index (χ1v) is 12.3. The quantitative estimate of drug-likeness (QED) is 0.470. The van der Waals surface area contributed by atoms with E-state index >= 15 is 0 Å². The highest BCUT2D eigenvalue weighted by Crippen LogP contribution is 2.49. The Bertz CT molecular complexity index is 1210. The lowest BCUT2D eigenvalue weighted by Gasteiger charge is -2.37. The van der Waals surface area contributed by atoms with Crippen LogP contribution in [0.5, 0.6) is 17.2 Å². The molecule has 0 amide bonds. The van der Waals surface area contributed by atoms with Crippen molar-refractivity contribution in [3.63, 3.8) is 0 Å². The molecule has 1 heterocycles. The molecule has 3 atom stereocenters. The van der Waals surface area contributed by atoms with E-state index in [1.54, 1.807) is 21.3 Å². The summed E-state index contributed by atoms with van der Waals surface area (Å²) in [6.45, 7) is 4.11. The average Bonchev–Trinajstić information content (AvgIpc) is 2.90. The van der Waals surface area contributed by atoms with Crippen molar-refractivity contribution in [3.05, 3.63) is 64.9 Å². The number of aliphatic imine (C=N–C) groups is 1. The second kappa shape index (κ2) is 11.0. The number of benzene rings is 2. The summed E-state index contributed by atoms with van der Waals surface area (Å²) in [5, 5.41) is 0. The van der Waals surface area contributed by atoms with Gasteiger partial charge in [-0.15, -0.1) is 0 Å². The van der Waals surface area contributed by atoms with E-state index in [9.17, 15) is 9.59 Å². The molecule has 7 nitrogen and oxygen atoms in total. The lowest BCUT2D eigenvalue weighted by Crippen LogP contribution is -2.38. The minimum Gasteiger partial charge on any atom is -0.496 e. The fourth-order valence-electron chi connectivity index (χ4n) is 5.26. The van der Waals surface area contributed by atoms with Gasteiger partial charge >= 0.3 is 5.97 Å². The topological polar surface area (TPSA) is 83.4 Å². The van der Waals surface area contributed by atoms with E-state index in [-0.39, 0.29) is 17.7 Å². The molecule has 36 heavy (non-hydrogen) atoms. The number of para-hydroxylation sites is 1. The van der Waals surface area contributed by atoms with Crippen molar-refractivity contribution in [2.45, 2.75) is 44.9 Å². The molecule has 0 aromatic heterocycles. The van der Waals surface area contributed by atoms with Gasteiger partial charge in [-0.2, -0.15) is 0 Å². The molecule has 0 N–H and O–H groups in total. The van der Waals surface area contributed by atoms with Crippen LogP contribution in [0.1, 0.15) is 56.1 Å². The van der Waals surface area contributed by atoms with Gasteiger partial charge in [-0.1, -0.05) is 31.2 Å². The number of ketones is 1. The Morgan fingerprint density at radius 3 is 2.39 bits per heavy atom. The molecule has 2 aliphatic rings. The number of hydrogen-bond donors (Lipinski definition) is 0. The molecule has 0 saturated carbocycles. The highest BCUT2D eigenvalue weighted by Gasteiger charge is 2.45. The Morgan fingerprint density at radius 2 is 1.69 bits per heavy atom. The van der Waals surface area contributed by atoms with Gasteiger partial charge in [0.15, 0.2) is 17.3 Å². The average molecular weight is 492 g/mol. The number of allylic oxidation sites excluding steroid dienone is 2. The maximum Gasteiger partial charge on any atom is 0.315 e. The lowest BCUT2D eigenvalue weighted by atomic mass is 9.69. The number of carbonyl (C=O) groups is 2. The molecule has 0 fully saturated rings. The van der Waals surface area contributed by atoms with Gasteiger partial charge in [0.25, 0.3) is 0 Å². The number of Topliss-reactive ketones (excluding diaryl/α,β-unsaturated/α-hetero) is 1. The number of hydrogen-bond acceptors (Lipinski definition) is 7. The van der Waals surface area contributed by atoms with E-state index in [4.69, 9.17) is 23.9 Å². The molecular weight excluding hydrogens is 458 g/mol. The van der Waals surface area contributed by atoms with E-state index in [2.05, 4.69) is 0 Å². The largest absolute Gasteiger partial charge is 0.496 e. The molecular formula is C29H33NO6. The molecule has 1 unspecified atom stereocenters. The molecule has 1 aliphatic heterocycles. The third kappa shape index (κ3) is 4.74. The molecule has 0 spiro atoms. The van der Waals surface area contributed by atoms with Gasteiger partial charge < -0.3 is 18.9 Å². The van der Waals surface area contributed by atoms with E-state index < -0.39 is 11.8 Å². The third-order valence-corrected chi connectivity index (χ3v) is 6.94. The van der Waals surface area contributed by atoms with E-state index in [0.717, 1.165) is 16.8 Å². The number of nitrogens with zero attached hydrogens (tertiary/aromatic N) is 1. The zero-order valence-corrected chi connectivity index (χ0v) is 21.5. The summed E-state index contributed by atoms with van der Waals surface area (Å²) < 4.78 is 22.0. The molecule has 2 aromatic carbocycles. The second-order valence-electron chi connectivity index (χ2n) is 9.12. The van der Waals surface area contributed by atoms with Crippen LogP contribution in [0.25, 0.3) is 0 Å². The van der Waals surface area contributed by atoms with Gasteiger partial charge in [-0.3, -0.25) is 14.6 Å². The van der Waals surface area contributed by atoms with E-state index in [1.165, 1.54) is 0 Å². The smallest absolute Gasteiger partial charge is 0.315 e. The predicted octanol–water partition coefficient (Wildman–Crippen LogP) is 5.24. The van der Waals surface area contributed by atoms with Crippen molar-refractivity contribution in [2.24, 2.45) is 10.9 Å². The Balaban J connectivity index is 1.79. The van der Waals surface area contributed by atoms with Crippen LogP contribution >= 0.6 is 0 Å². The van der Waals surface area contributed by atoms with Gasteiger partial charge in [0.2, 0.25) is 0 Å². The lowest BCUT2D eigenvalue weighted by molar-refractivity contribution is -0.146. The Kier molecular flexibility index (Phi) is 7.77. The van der Waals surface area contributed by atoms with Gasteiger partial charge in [0, 0.05) is 34.9 Å². The Labute approximate surface area is 212 Å². The molecule has 0 saturated heterocycles. The van der Waals surface area contributed by atoms with E-state index in [0.29, 0.717) is 54.4 Å². The molecule has 7 heteroatoms. The second-order valence-corrected chi connectivity index (χ2v) is 9.12. The first-order valence-electron chi connectivity index (χ1n) is 12.3. The summed E-state index contributed by atoms with van der Waals surface area (Å²) in [7, 11) is 4.79. The fourth-order valence-corrected chi connectivity index (χ4v) is 5.26. The van der Waals surface area contributed by atoms with Crippen molar-refractivity contribution in [2.75, 3.05) is 27.9 Å². The summed E-state index contributed by atoms with van der Waals surface area (Å²) >= 11 is 0. The van der Waals surface area contributed by atoms with Crippen LogP contribution in [-0.2, 0) is 14.3 Å². The van der Waals surface area contributed by atoms with E-state index in [1.807, 2.05) is 56.3 Å². The molecule has 0 radical (unpaired) electrons. The van der Waals surface area contributed by atoms with Crippen LogP contribution in [0.4, 0.5) is 0 Å². The highest BCUT2D eigenvalue weighted by atomic mass is 16.5. The maximum atomic E-state index is 13.8. The van der Waals surface area contributed by atoms with Crippen molar-refractivity contribution in [1.82, 2.24) is 0 Å². The normalized spacial score (nSPS) is 21.4. The standard InChI is InChI=1S/C29H33NO6/c1-6-13-36-29(32)26-17(2)30-21-14-19(18-11-12-24(34-4)25(16-18)35-5)15-22(31)28(21)27(26)20-9-7-8-10-23(20)33-3/h7-12,16,19,26-27H,6,13-15H2,1-5H3/t19-,26?,27+/m0/s1. The molecule has 2 aromatic rings.